The van der Waals surface area contributed by atoms with Crippen molar-refractivity contribution in [2.45, 2.75) is 17.1 Å². The van der Waals surface area contributed by atoms with Crippen LogP contribution in [0.25, 0.3) is 0 Å². The minimum Gasteiger partial charge on any atom is -0.324 e. The van der Waals surface area contributed by atoms with E-state index in [1.807, 2.05) is 25.1 Å². The Kier molecular flexibility index (Phi) is 2.35. The average molecular weight is 209 g/mol. The molecule has 4 nitrogen and oxygen atoms in total. The molecule has 0 fully saturated rings. The normalized spacial score (nSPS) is 19.9. The summed E-state index contributed by atoms with van der Waals surface area (Å²) < 4.78 is 0. The molecule has 1 aliphatic rings. The van der Waals surface area contributed by atoms with Crippen LogP contribution in [0.5, 0.6) is 0 Å². The van der Waals surface area contributed by atoms with E-state index >= 15 is 0 Å². The zero-order chi connectivity index (χ0) is 10.1. The van der Waals surface area contributed by atoms with Gasteiger partial charge in [0.2, 0.25) is 5.91 Å². The number of carbonyl (C=O) groups excluding carboxylic acids is 1. The SMILES string of the molecule is CC1Sc2cc(NN)ccc2NC1=O. The molecular weight excluding hydrogens is 198 g/mol. The first-order valence-electron chi connectivity index (χ1n) is 4.29. The summed E-state index contributed by atoms with van der Waals surface area (Å²) in [7, 11) is 0. The van der Waals surface area contributed by atoms with Gasteiger partial charge < -0.3 is 10.7 Å². The Bertz CT molecular complexity index is 380. The third-order valence-corrected chi connectivity index (χ3v) is 3.24. The van der Waals surface area contributed by atoms with E-state index in [0.717, 1.165) is 16.3 Å². The molecule has 0 saturated carbocycles. The summed E-state index contributed by atoms with van der Waals surface area (Å²) in [5.74, 6) is 5.35. The van der Waals surface area contributed by atoms with E-state index in [0.29, 0.717) is 0 Å². The minimum atomic E-state index is -0.0458. The lowest BCUT2D eigenvalue weighted by Crippen LogP contribution is -2.26. The Morgan fingerprint density at radius 3 is 3.07 bits per heavy atom. The molecule has 14 heavy (non-hydrogen) atoms. The summed E-state index contributed by atoms with van der Waals surface area (Å²) in [5, 5.41) is 2.79. The molecule has 0 aromatic heterocycles. The molecule has 1 aromatic rings. The van der Waals surface area contributed by atoms with Gasteiger partial charge in [-0.05, 0) is 25.1 Å². The van der Waals surface area contributed by atoms with Gasteiger partial charge in [-0.25, -0.2) is 0 Å². The summed E-state index contributed by atoms with van der Waals surface area (Å²) in [4.78, 5) is 12.4. The van der Waals surface area contributed by atoms with Crippen molar-refractivity contribution < 1.29 is 4.79 Å². The fourth-order valence-electron chi connectivity index (χ4n) is 1.29. The van der Waals surface area contributed by atoms with Crippen molar-refractivity contribution in [3.8, 4) is 0 Å². The number of carbonyl (C=O) groups is 1. The van der Waals surface area contributed by atoms with E-state index in [9.17, 15) is 4.79 Å². The molecule has 1 atom stereocenters. The molecule has 0 saturated heterocycles. The van der Waals surface area contributed by atoms with E-state index in [1.54, 1.807) is 11.8 Å². The monoisotopic (exact) mass is 209 g/mol. The van der Waals surface area contributed by atoms with Crippen LogP contribution in [0.4, 0.5) is 11.4 Å². The largest absolute Gasteiger partial charge is 0.324 e. The number of hydrazine groups is 1. The quantitative estimate of drug-likeness (QED) is 0.483. The number of hydrogen-bond acceptors (Lipinski definition) is 4. The van der Waals surface area contributed by atoms with Crippen LogP contribution in [0.1, 0.15) is 6.92 Å². The maximum absolute atomic E-state index is 11.3. The van der Waals surface area contributed by atoms with Gasteiger partial charge in [0.25, 0.3) is 0 Å². The maximum Gasteiger partial charge on any atom is 0.237 e. The van der Waals surface area contributed by atoms with Crippen LogP contribution in [0.2, 0.25) is 0 Å². The number of fused-ring (bicyclic) bond motifs is 1. The zero-order valence-corrected chi connectivity index (χ0v) is 8.52. The van der Waals surface area contributed by atoms with Crippen LogP contribution in [0.3, 0.4) is 0 Å². The molecule has 1 unspecified atom stereocenters. The number of nitrogen functional groups attached to an aromatic ring is 1. The lowest BCUT2D eigenvalue weighted by Gasteiger charge is -2.21. The molecule has 1 aromatic carbocycles. The number of nitrogens with two attached hydrogens (primary N) is 1. The van der Waals surface area contributed by atoms with Crippen molar-refractivity contribution in [3.63, 3.8) is 0 Å². The number of thioether (sulfide) groups is 1. The molecule has 0 spiro atoms. The summed E-state index contributed by atoms with van der Waals surface area (Å²) >= 11 is 1.54. The van der Waals surface area contributed by atoms with Crippen molar-refractivity contribution >= 4 is 29.0 Å². The second-order valence-corrected chi connectivity index (χ2v) is 4.49. The molecule has 0 bridgehead atoms. The second-order valence-electron chi connectivity index (χ2n) is 3.10. The van der Waals surface area contributed by atoms with E-state index in [-0.39, 0.29) is 11.2 Å². The Morgan fingerprint density at radius 1 is 1.57 bits per heavy atom. The fraction of sp³-hybridized carbons (Fsp3) is 0.222. The van der Waals surface area contributed by atoms with Gasteiger partial charge in [0.05, 0.1) is 10.9 Å². The maximum atomic E-state index is 11.3. The van der Waals surface area contributed by atoms with Crippen LogP contribution >= 0.6 is 11.8 Å². The molecule has 1 aliphatic heterocycles. The van der Waals surface area contributed by atoms with Crippen molar-refractivity contribution in [2.24, 2.45) is 5.84 Å². The van der Waals surface area contributed by atoms with Gasteiger partial charge in [0.1, 0.15) is 0 Å². The number of anilines is 2. The molecule has 0 radical (unpaired) electrons. The molecule has 2 rings (SSSR count). The van der Waals surface area contributed by atoms with Gasteiger partial charge in [-0.2, -0.15) is 0 Å². The van der Waals surface area contributed by atoms with E-state index in [1.165, 1.54) is 0 Å². The average Bonchev–Trinajstić information content (AvgIpc) is 2.19. The van der Waals surface area contributed by atoms with Gasteiger partial charge in [0.15, 0.2) is 0 Å². The Labute approximate surface area is 86.2 Å². The summed E-state index contributed by atoms with van der Waals surface area (Å²) in [5.41, 5.74) is 4.28. The summed E-state index contributed by atoms with van der Waals surface area (Å²) in [6.07, 6.45) is 0. The molecule has 1 amide bonds. The first-order chi connectivity index (χ1) is 6.70. The highest BCUT2D eigenvalue weighted by Crippen LogP contribution is 2.36. The van der Waals surface area contributed by atoms with Crippen LogP contribution in [0, 0.1) is 0 Å². The van der Waals surface area contributed by atoms with Crippen LogP contribution < -0.4 is 16.6 Å². The lowest BCUT2D eigenvalue weighted by molar-refractivity contribution is -0.115. The smallest absolute Gasteiger partial charge is 0.237 e. The van der Waals surface area contributed by atoms with Crippen molar-refractivity contribution in [3.05, 3.63) is 18.2 Å². The highest BCUT2D eigenvalue weighted by atomic mass is 32.2. The highest BCUT2D eigenvalue weighted by Gasteiger charge is 2.22. The minimum absolute atomic E-state index is 0.0458. The molecule has 0 aliphatic carbocycles. The highest BCUT2D eigenvalue weighted by molar-refractivity contribution is 8.01. The Balaban J connectivity index is 2.37. The van der Waals surface area contributed by atoms with Crippen LogP contribution in [0.15, 0.2) is 23.1 Å². The third kappa shape index (κ3) is 1.56. The number of benzene rings is 1. The number of hydrogen-bond donors (Lipinski definition) is 3. The lowest BCUT2D eigenvalue weighted by atomic mass is 10.2. The molecule has 4 N–H and O–H groups in total. The fourth-order valence-corrected chi connectivity index (χ4v) is 2.28. The summed E-state index contributed by atoms with van der Waals surface area (Å²) in [6, 6.07) is 5.60. The molecule has 1 heterocycles. The summed E-state index contributed by atoms with van der Waals surface area (Å²) in [6.45, 7) is 1.88. The zero-order valence-electron chi connectivity index (χ0n) is 7.70. The predicted octanol–water partition coefficient (Wildman–Crippen LogP) is 1.40. The topological polar surface area (TPSA) is 67.2 Å². The molecule has 74 valence electrons. The van der Waals surface area contributed by atoms with Gasteiger partial charge in [-0.1, -0.05) is 0 Å². The third-order valence-electron chi connectivity index (χ3n) is 2.08. The van der Waals surface area contributed by atoms with Crippen molar-refractivity contribution in [1.82, 2.24) is 0 Å². The number of nitrogens with one attached hydrogen (secondary N) is 2. The van der Waals surface area contributed by atoms with Gasteiger partial charge in [0, 0.05) is 10.6 Å². The second kappa shape index (κ2) is 3.51. The number of amides is 1. The molecule has 5 heteroatoms. The Morgan fingerprint density at radius 2 is 2.36 bits per heavy atom. The van der Waals surface area contributed by atoms with Crippen LogP contribution in [-0.2, 0) is 4.79 Å². The predicted molar refractivity (Wildman–Crippen MR) is 58.2 cm³/mol. The van der Waals surface area contributed by atoms with Gasteiger partial charge in [-0.15, -0.1) is 11.8 Å². The number of rotatable bonds is 1. The van der Waals surface area contributed by atoms with E-state index in [2.05, 4.69) is 10.7 Å². The van der Waals surface area contributed by atoms with Gasteiger partial charge >= 0.3 is 0 Å². The molecular formula is C9H11N3OS. The van der Waals surface area contributed by atoms with E-state index < -0.39 is 0 Å². The Hall–Kier alpha value is -1.20. The van der Waals surface area contributed by atoms with Gasteiger partial charge in [-0.3, -0.25) is 10.6 Å². The standard InChI is InChI=1S/C9H11N3OS/c1-5-9(13)11-7-3-2-6(12-10)4-8(7)14-5/h2-5,12H,10H2,1H3,(H,11,13). The van der Waals surface area contributed by atoms with E-state index in [4.69, 9.17) is 5.84 Å². The first kappa shape index (κ1) is 9.36. The van der Waals surface area contributed by atoms with Crippen molar-refractivity contribution in [2.75, 3.05) is 10.7 Å². The van der Waals surface area contributed by atoms with Crippen LogP contribution in [-0.4, -0.2) is 11.2 Å². The van der Waals surface area contributed by atoms with Crippen molar-refractivity contribution in [1.29, 1.82) is 0 Å². The first-order valence-corrected chi connectivity index (χ1v) is 5.17.